The molecule has 12 heteroatoms. The maximum absolute atomic E-state index is 13.9. The number of aromatic nitrogens is 1. The van der Waals surface area contributed by atoms with Crippen molar-refractivity contribution in [1.82, 2.24) is 15.8 Å². The van der Waals surface area contributed by atoms with Crippen LogP contribution in [0.25, 0.3) is 0 Å². The number of pyridine rings is 1. The Bertz CT molecular complexity index is 1270. The molecular formula is C26H29FN6O5. The van der Waals surface area contributed by atoms with Gasteiger partial charge >= 0.3 is 0 Å². The summed E-state index contributed by atoms with van der Waals surface area (Å²) in [4.78, 5) is 29.3. The highest BCUT2D eigenvalue weighted by Crippen LogP contribution is 2.32. The van der Waals surface area contributed by atoms with Crippen molar-refractivity contribution in [2.45, 2.75) is 13.0 Å². The molecule has 6 N–H and O–H groups in total. The second-order valence-electron chi connectivity index (χ2n) is 7.85. The summed E-state index contributed by atoms with van der Waals surface area (Å²) in [6.07, 6.45) is 2.16. The van der Waals surface area contributed by atoms with E-state index < -0.39 is 23.7 Å². The fourth-order valence-corrected chi connectivity index (χ4v) is 3.36. The van der Waals surface area contributed by atoms with Crippen LogP contribution in [-0.2, 0) is 9.53 Å². The van der Waals surface area contributed by atoms with Gasteiger partial charge in [0.25, 0.3) is 11.8 Å². The number of halogens is 1. The highest BCUT2D eigenvalue weighted by Gasteiger charge is 2.24. The number of hydrazine groups is 1. The summed E-state index contributed by atoms with van der Waals surface area (Å²) in [5.74, 6) is -1.53. The molecule has 0 aliphatic carbocycles. The Morgan fingerprint density at radius 2 is 1.82 bits per heavy atom. The van der Waals surface area contributed by atoms with Crippen LogP contribution >= 0.6 is 0 Å². The van der Waals surface area contributed by atoms with Crippen molar-refractivity contribution >= 4 is 23.3 Å². The number of nitrogen functional groups attached to an aromatic ring is 1. The lowest BCUT2D eigenvalue weighted by Gasteiger charge is -2.22. The number of benzene rings is 2. The summed E-state index contributed by atoms with van der Waals surface area (Å²) in [5, 5.41) is 10.7. The first-order valence-corrected chi connectivity index (χ1v) is 11.6. The standard InChI is InChI=1S/C26H29FN6O5/c1-3-37-22-14-17(6-9-21(22)38-13-12-36-2)23(31-18-7-4-16(5-8-18)24(28)29)26(35)33-32-25(34)19-10-11-30-15-20(19)27/h4-11,14-15,23,31H,3,12-13H2,1-2H3,(H3,28,29)(H,32,34)(H,33,35). The number of nitrogens with two attached hydrogens (primary N) is 1. The number of carbonyl (C=O) groups excluding carboxylic acids is 2. The van der Waals surface area contributed by atoms with E-state index in [1.54, 1.807) is 49.6 Å². The van der Waals surface area contributed by atoms with E-state index in [2.05, 4.69) is 21.2 Å². The Hall–Kier alpha value is -4.71. The Balaban J connectivity index is 1.87. The van der Waals surface area contributed by atoms with Gasteiger partial charge < -0.3 is 25.3 Å². The molecule has 2 aromatic carbocycles. The molecule has 0 aliphatic heterocycles. The average Bonchev–Trinajstić information content (AvgIpc) is 2.92. The van der Waals surface area contributed by atoms with Gasteiger partial charge in [-0.1, -0.05) is 6.07 Å². The zero-order chi connectivity index (χ0) is 27.5. The van der Waals surface area contributed by atoms with Crippen LogP contribution in [0, 0.1) is 11.2 Å². The summed E-state index contributed by atoms with van der Waals surface area (Å²) in [6.45, 7) is 2.86. The molecule has 0 aliphatic rings. The highest BCUT2D eigenvalue weighted by molar-refractivity contribution is 5.97. The zero-order valence-corrected chi connectivity index (χ0v) is 20.9. The number of ether oxygens (including phenoxy) is 3. The Morgan fingerprint density at radius 3 is 2.47 bits per heavy atom. The van der Waals surface area contributed by atoms with Gasteiger partial charge in [0.2, 0.25) is 0 Å². The van der Waals surface area contributed by atoms with Crippen LogP contribution in [0.2, 0.25) is 0 Å². The predicted molar refractivity (Wildman–Crippen MR) is 139 cm³/mol. The van der Waals surface area contributed by atoms with E-state index in [0.29, 0.717) is 48.1 Å². The molecule has 3 aromatic rings. The molecule has 0 fully saturated rings. The second-order valence-corrected chi connectivity index (χ2v) is 7.85. The minimum absolute atomic E-state index is 0.0951. The number of methoxy groups -OCH3 is 1. The minimum atomic E-state index is -1.02. The monoisotopic (exact) mass is 524 g/mol. The quantitative estimate of drug-likeness (QED) is 0.105. The Labute approximate surface area is 219 Å². The first-order chi connectivity index (χ1) is 18.3. The first kappa shape index (κ1) is 27.9. The maximum atomic E-state index is 13.9. The molecule has 2 amide bonds. The van der Waals surface area contributed by atoms with Crippen molar-refractivity contribution in [3.8, 4) is 11.5 Å². The van der Waals surface area contributed by atoms with Crippen molar-refractivity contribution in [1.29, 1.82) is 5.41 Å². The SMILES string of the molecule is CCOc1cc(C(Nc2ccc(C(=N)N)cc2)C(=O)NNC(=O)c2ccncc2F)ccc1OCCOC. The Morgan fingerprint density at radius 1 is 1.05 bits per heavy atom. The lowest BCUT2D eigenvalue weighted by molar-refractivity contribution is -0.122. The third-order valence-corrected chi connectivity index (χ3v) is 5.23. The third kappa shape index (κ3) is 7.40. The van der Waals surface area contributed by atoms with Crippen LogP contribution in [0.5, 0.6) is 11.5 Å². The van der Waals surface area contributed by atoms with Gasteiger partial charge in [-0.05, 0) is 55.0 Å². The number of hydrogen-bond donors (Lipinski definition) is 5. The normalized spacial score (nSPS) is 11.2. The van der Waals surface area contributed by atoms with Crippen molar-refractivity contribution in [2.75, 3.05) is 32.2 Å². The molecule has 38 heavy (non-hydrogen) atoms. The van der Waals surface area contributed by atoms with Crippen LogP contribution in [0.3, 0.4) is 0 Å². The van der Waals surface area contributed by atoms with Crippen molar-refractivity contribution < 1.29 is 28.2 Å². The summed E-state index contributed by atoms with van der Waals surface area (Å²) >= 11 is 0. The van der Waals surface area contributed by atoms with Crippen LogP contribution < -0.4 is 31.4 Å². The molecule has 1 heterocycles. The largest absolute Gasteiger partial charge is 0.490 e. The number of anilines is 1. The molecule has 0 radical (unpaired) electrons. The van der Waals surface area contributed by atoms with Gasteiger partial charge in [0.05, 0.1) is 25.0 Å². The van der Waals surface area contributed by atoms with E-state index in [0.717, 1.165) is 6.20 Å². The van der Waals surface area contributed by atoms with Crippen molar-refractivity contribution in [3.63, 3.8) is 0 Å². The molecule has 1 unspecified atom stereocenters. The number of hydrogen-bond acceptors (Lipinski definition) is 8. The summed E-state index contributed by atoms with van der Waals surface area (Å²) in [7, 11) is 1.57. The highest BCUT2D eigenvalue weighted by atomic mass is 19.1. The van der Waals surface area contributed by atoms with E-state index in [1.807, 2.05) is 6.92 Å². The van der Waals surface area contributed by atoms with Crippen molar-refractivity contribution in [3.05, 3.63) is 83.4 Å². The summed E-state index contributed by atoms with van der Waals surface area (Å²) in [6, 6.07) is 11.8. The van der Waals surface area contributed by atoms with Crippen LogP contribution in [0.4, 0.5) is 10.1 Å². The minimum Gasteiger partial charge on any atom is -0.490 e. The van der Waals surface area contributed by atoms with E-state index in [4.69, 9.17) is 25.4 Å². The Kier molecular flexibility index (Phi) is 9.94. The summed E-state index contributed by atoms with van der Waals surface area (Å²) < 4.78 is 30.4. The molecule has 0 saturated carbocycles. The third-order valence-electron chi connectivity index (χ3n) is 5.23. The lowest BCUT2D eigenvalue weighted by atomic mass is 10.0. The molecule has 1 aromatic heterocycles. The number of amides is 2. The molecule has 1 atom stereocenters. The van der Waals surface area contributed by atoms with Crippen molar-refractivity contribution in [2.24, 2.45) is 5.73 Å². The van der Waals surface area contributed by atoms with Crippen LogP contribution in [0.15, 0.2) is 60.9 Å². The van der Waals surface area contributed by atoms with E-state index in [-0.39, 0.29) is 11.4 Å². The number of amidine groups is 1. The average molecular weight is 525 g/mol. The van der Waals surface area contributed by atoms with Gasteiger partial charge in [-0.25, -0.2) is 4.39 Å². The predicted octanol–water partition coefficient (Wildman–Crippen LogP) is 2.54. The first-order valence-electron chi connectivity index (χ1n) is 11.6. The molecular weight excluding hydrogens is 495 g/mol. The van der Waals surface area contributed by atoms with E-state index in [1.165, 1.54) is 12.3 Å². The number of carbonyl (C=O) groups is 2. The lowest BCUT2D eigenvalue weighted by Crippen LogP contribution is -2.45. The van der Waals surface area contributed by atoms with Gasteiger partial charge in [0.1, 0.15) is 18.5 Å². The number of nitrogens with zero attached hydrogens (tertiary/aromatic N) is 1. The second kappa shape index (κ2) is 13.6. The molecule has 0 bridgehead atoms. The fraction of sp³-hybridized carbons (Fsp3) is 0.231. The van der Waals surface area contributed by atoms with Gasteiger partial charge in [0.15, 0.2) is 17.3 Å². The molecule has 0 saturated heterocycles. The number of nitrogens with one attached hydrogen (secondary N) is 4. The van der Waals surface area contributed by atoms with Crippen LogP contribution in [-0.4, -0.2) is 49.6 Å². The fourth-order valence-electron chi connectivity index (χ4n) is 3.36. The molecule has 11 nitrogen and oxygen atoms in total. The zero-order valence-electron chi connectivity index (χ0n) is 20.9. The van der Waals surface area contributed by atoms with Gasteiger partial charge in [-0.15, -0.1) is 0 Å². The molecule has 3 rings (SSSR count). The summed E-state index contributed by atoms with van der Waals surface area (Å²) in [5.41, 5.74) is 11.4. The van der Waals surface area contributed by atoms with Gasteiger partial charge in [-0.3, -0.25) is 30.8 Å². The maximum Gasteiger partial charge on any atom is 0.272 e. The number of rotatable bonds is 12. The smallest absolute Gasteiger partial charge is 0.272 e. The van der Waals surface area contributed by atoms with E-state index >= 15 is 0 Å². The topological polar surface area (TPSA) is 161 Å². The van der Waals surface area contributed by atoms with Gasteiger partial charge in [0, 0.05) is 24.6 Å². The van der Waals surface area contributed by atoms with E-state index in [9.17, 15) is 14.0 Å². The molecule has 200 valence electrons. The molecule has 0 spiro atoms. The van der Waals surface area contributed by atoms with Crippen LogP contribution in [0.1, 0.15) is 34.5 Å². The van der Waals surface area contributed by atoms with Gasteiger partial charge in [-0.2, -0.15) is 0 Å².